The number of hydrogen-bond donors (Lipinski definition) is 2. The molecule has 6 nitrogen and oxygen atoms in total. The van der Waals surface area contributed by atoms with Crippen LogP contribution in [0.4, 0.5) is 10.1 Å². The average molecular weight is 458 g/mol. The van der Waals surface area contributed by atoms with Crippen LogP contribution in [0.25, 0.3) is 22.8 Å². The molecule has 1 aliphatic rings. The quantitative estimate of drug-likeness (QED) is 0.383. The number of benzene rings is 3. The van der Waals surface area contributed by atoms with Crippen LogP contribution in [0.3, 0.4) is 0 Å². The number of nitrogens with one attached hydrogen (secondary N) is 1. The minimum Gasteiger partial charge on any atom is -0.399 e. The number of anilines is 1. The molecule has 0 spiro atoms. The van der Waals surface area contributed by atoms with Gasteiger partial charge in [0.15, 0.2) is 11.6 Å². The largest absolute Gasteiger partial charge is 0.399 e. The maximum Gasteiger partial charge on any atom is 0.181 e. The molecule has 0 saturated heterocycles. The number of ether oxygens (including phenoxy) is 1. The Bertz CT molecular complexity index is 1280. The number of nitrogen functional groups attached to an aromatic ring is 1. The van der Waals surface area contributed by atoms with Crippen LogP contribution in [0.15, 0.2) is 66.7 Å². The highest BCUT2D eigenvalue weighted by molar-refractivity contribution is 5.64. The fraction of sp³-hybridized carbons (Fsp3) is 0.259. The first-order chi connectivity index (χ1) is 16.4. The van der Waals surface area contributed by atoms with Crippen LogP contribution in [-0.4, -0.2) is 40.7 Å². The molecule has 7 heteroatoms. The molecule has 174 valence electrons. The van der Waals surface area contributed by atoms with Crippen molar-refractivity contribution >= 4 is 5.69 Å². The van der Waals surface area contributed by atoms with Gasteiger partial charge in [-0.1, -0.05) is 24.3 Å². The predicted octanol–water partition coefficient (Wildman–Crippen LogP) is 4.98. The van der Waals surface area contributed by atoms with Gasteiger partial charge in [-0.25, -0.2) is 9.37 Å². The van der Waals surface area contributed by atoms with Gasteiger partial charge >= 0.3 is 0 Å². The summed E-state index contributed by atoms with van der Waals surface area (Å²) in [4.78, 5) is 6.85. The van der Waals surface area contributed by atoms with Gasteiger partial charge in [0.2, 0.25) is 0 Å². The SMILES string of the molecule is CN(C)CCC[C@@]1(c2ccc(F)cc2)OCc2cc(-c3n[nH]c(-c4ccc(N)cc4)n3)ccc21. The molecule has 5 rings (SSSR count). The Kier molecular flexibility index (Phi) is 5.89. The number of nitrogens with two attached hydrogens (primary N) is 1. The molecule has 0 fully saturated rings. The van der Waals surface area contributed by atoms with E-state index in [0.717, 1.165) is 47.2 Å². The summed E-state index contributed by atoms with van der Waals surface area (Å²) >= 11 is 0. The van der Waals surface area contributed by atoms with E-state index in [2.05, 4.69) is 46.3 Å². The Morgan fingerprint density at radius 3 is 2.50 bits per heavy atom. The molecule has 1 atom stereocenters. The van der Waals surface area contributed by atoms with Gasteiger partial charge in [-0.3, -0.25) is 5.10 Å². The van der Waals surface area contributed by atoms with Crippen molar-refractivity contribution in [1.82, 2.24) is 20.1 Å². The van der Waals surface area contributed by atoms with Gasteiger partial charge in [-0.2, -0.15) is 5.10 Å². The number of hydrogen-bond acceptors (Lipinski definition) is 5. The molecule has 3 aromatic carbocycles. The van der Waals surface area contributed by atoms with Gasteiger partial charge < -0.3 is 15.4 Å². The van der Waals surface area contributed by atoms with Crippen molar-refractivity contribution in [2.24, 2.45) is 0 Å². The second-order valence-corrected chi connectivity index (χ2v) is 9.03. The summed E-state index contributed by atoms with van der Waals surface area (Å²) < 4.78 is 20.2. The molecular formula is C27H28FN5O. The third kappa shape index (κ3) is 4.20. The van der Waals surface area contributed by atoms with E-state index in [1.165, 1.54) is 12.1 Å². The van der Waals surface area contributed by atoms with Gasteiger partial charge in [0.05, 0.1) is 6.61 Å². The zero-order valence-electron chi connectivity index (χ0n) is 19.4. The molecule has 0 aliphatic carbocycles. The van der Waals surface area contributed by atoms with Crippen LogP contribution in [0, 0.1) is 5.82 Å². The fourth-order valence-electron chi connectivity index (χ4n) is 4.64. The number of aromatic amines is 1. The lowest BCUT2D eigenvalue weighted by molar-refractivity contribution is -0.0140. The lowest BCUT2D eigenvalue weighted by Gasteiger charge is -2.31. The molecule has 4 aromatic rings. The molecule has 0 amide bonds. The summed E-state index contributed by atoms with van der Waals surface area (Å²) in [6.45, 7) is 1.43. The van der Waals surface area contributed by atoms with Crippen LogP contribution in [0.1, 0.15) is 29.5 Å². The molecule has 0 radical (unpaired) electrons. The highest BCUT2D eigenvalue weighted by Crippen LogP contribution is 2.46. The molecule has 0 bridgehead atoms. The van der Waals surface area contributed by atoms with E-state index in [4.69, 9.17) is 10.5 Å². The van der Waals surface area contributed by atoms with Crippen molar-refractivity contribution in [2.45, 2.75) is 25.0 Å². The molecular weight excluding hydrogens is 429 g/mol. The average Bonchev–Trinajstić information content (AvgIpc) is 3.46. The lowest BCUT2D eigenvalue weighted by Crippen LogP contribution is -2.28. The first kappa shape index (κ1) is 22.3. The lowest BCUT2D eigenvalue weighted by atomic mass is 9.81. The number of halogens is 1. The summed E-state index contributed by atoms with van der Waals surface area (Å²) in [6.07, 6.45) is 1.77. The molecule has 1 aromatic heterocycles. The summed E-state index contributed by atoms with van der Waals surface area (Å²) in [6, 6.07) is 20.4. The normalized spacial score (nSPS) is 17.3. The predicted molar refractivity (Wildman–Crippen MR) is 131 cm³/mol. The standard InChI is InChI=1S/C27H28FN5O/c1-33(2)15-3-14-27(21-7-9-22(28)10-8-21)24-13-6-19(16-20(24)17-34-27)26-30-25(31-32-26)18-4-11-23(29)12-5-18/h4-13,16H,3,14-15,17,29H2,1-2H3,(H,30,31,32)/t27-/m0/s1. The second-order valence-electron chi connectivity index (χ2n) is 9.03. The number of fused-ring (bicyclic) bond motifs is 1. The molecule has 1 aliphatic heterocycles. The minimum absolute atomic E-state index is 0.248. The number of rotatable bonds is 7. The molecule has 2 heterocycles. The Morgan fingerprint density at radius 2 is 1.76 bits per heavy atom. The van der Waals surface area contributed by atoms with Crippen LogP contribution in [0.2, 0.25) is 0 Å². The number of H-pyrrole nitrogens is 1. The van der Waals surface area contributed by atoms with Crippen LogP contribution >= 0.6 is 0 Å². The highest BCUT2D eigenvalue weighted by atomic mass is 19.1. The topological polar surface area (TPSA) is 80.1 Å². The Balaban J connectivity index is 1.48. The second kappa shape index (κ2) is 9.00. The smallest absolute Gasteiger partial charge is 0.181 e. The third-order valence-electron chi connectivity index (χ3n) is 6.39. The first-order valence-corrected chi connectivity index (χ1v) is 11.4. The van der Waals surface area contributed by atoms with Crippen LogP contribution < -0.4 is 5.73 Å². The summed E-state index contributed by atoms with van der Waals surface area (Å²) in [5.74, 6) is 1.07. The summed E-state index contributed by atoms with van der Waals surface area (Å²) in [5.41, 5.74) is 10.9. The van der Waals surface area contributed by atoms with Crippen molar-refractivity contribution in [3.05, 3.63) is 89.2 Å². The fourth-order valence-corrected chi connectivity index (χ4v) is 4.64. The van der Waals surface area contributed by atoms with Crippen molar-refractivity contribution in [3.8, 4) is 22.8 Å². The highest BCUT2D eigenvalue weighted by Gasteiger charge is 2.41. The van der Waals surface area contributed by atoms with Crippen LogP contribution in [0.5, 0.6) is 0 Å². The van der Waals surface area contributed by atoms with E-state index in [9.17, 15) is 4.39 Å². The maximum absolute atomic E-state index is 13.7. The van der Waals surface area contributed by atoms with Crippen molar-refractivity contribution in [3.63, 3.8) is 0 Å². The van der Waals surface area contributed by atoms with Gasteiger partial charge in [0.25, 0.3) is 0 Å². The van der Waals surface area contributed by atoms with E-state index in [1.807, 2.05) is 42.5 Å². The van der Waals surface area contributed by atoms with E-state index < -0.39 is 5.60 Å². The third-order valence-corrected chi connectivity index (χ3v) is 6.39. The van der Waals surface area contributed by atoms with E-state index >= 15 is 0 Å². The Labute approximate surface area is 198 Å². The van der Waals surface area contributed by atoms with Gasteiger partial charge in [0.1, 0.15) is 11.4 Å². The van der Waals surface area contributed by atoms with E-state index in [-0.39, 0.29) is 5.82 Å². The van der Waals surface area contributed by atoms with Crippen molar-refractivity contribution in [1.29, 1.82) is 0 Å². The van der Waals surface area contributed by atoms with Crippen molar-refractivity contribution in [2.75, 3.05) is 26.4 Å². The number of aromatic nitrogens is 3. The molecule has 0 unspecified atom stereocenters. The molecule has 0 saturated carbocycles. The summed E-state index contributed by atoms with van der Waals surface area (Å²) in [5, 5.41) is 7.45. The Morgan fingerprint density at radius 1 is 1.03 bits per heavy atom. The van der Waals surface area contributed by atoms with Crippen molar-refractivity contribution < 1.29 is 9.13 Å². The van der Waals surface area contributed by atoms with E-state index in [0.29, 0.717) is 23.9 Å². The zero-order valence-corrected chi connectivity index (χ0v) is 19.4. The van der Waals surface area contributed by atoms with Gasteiger partial charge in [-0.15, -0.1) is 0 Å². The van der Waals surface area contributed by atoms with Crippen LogP contribution in [-0.2, 0) is 16.9 Å². The molecule has 3 N–H and O–H groups in total. The van der Waals surface area contributed by atoms with Gasteiger partial charge in [0, 0.05) is 16.8 Å². The molecule has 34 heavy (non-hydrogen) atoms. The number of nitrogens with zero attached hydrogens (tertiary/aromatic N) is 3. The monoisotopic (exact) mass is 457 g/mol. The summed E-state index contributed by atoms with van der Waals surface area (Å²) in [7, 11) is 4.13. The first-order valence-electron chi connectivity index (χ1n) is 11.4. The van der Waals surface area contributed by atoms with E-state index in [1.54, 1.807) is 0 Å². The van der Waals surface area contributed by atoms with Gasteiger partial charge in [-0.05, 0) is 92.6 Å². The minimum atomic E-state index is -0.592. The zero-order chi connectivity index (χ0) is 23.7. The Hall–Kier alpha value is -3.55. The maximum atomic E-state index is 13.7.